The van der Waals surface area contributed by atoms with Crippen molar-refractivity contribution in [3.05, 3.63) is 91.7 Å². The van der Waals surface area contributed by atoms with Crippen LogP contribution in [-0.4, -0.2) is 32.3 Å². The van der Waals surface area contributed by atoms with Crippen LogP contribution in [0.1, 0.15) is 61.1 Å². The van der Waals surface area contributed by atoms with E-state index in [4.69, 9.17) is 0 Å². The summed E-state index contributed by atoms with van der Waals surface area (Å²) in [5.74, 6) is 0.410. The van der Waals surface area contributed by atoms with E-state index in [1.54, 1.807) is 64.2 Å². The average molecular weight is 681 g/mol. The summed E-state index contributed by atoms with van der Waals surface area (Å²) in [6.45, 7) is 47.3. The highest BCUT2D eigenvalue weighted by Crippen LogP contribution is 2.42. The molecule has 1 atom stereocenters. The van der Waals surface area contributed by atoms with Crippen molar-refractivity contribution in [1.29, 1.82) is 0 Å². The lowest BCUT2D eigenvalue weighted by molar-refractivity contribution is 0.851. The van der Waals surface area contributed by atoms with E-state index in [0.29, 0.717) is 5.92 Å². The highest BCUT2D eigenvalue weighted by Gasteiger charge is 2.51. The van der Waals surface area contributed by atoms with Crippen molar-refractivity contribution in [2.24, 2.45) is 5.92 Å². The van der Waals surface area contributed by atoms with Crippen LogP contribution in [0, 0.1) is 47.5 Å². The first-order valence-electron chi connectivity index (χ1n) is 17.6. The van der Waals surface area contributed by atoms with Gasteiger partial charge in [0.1, 0.15) is 0 Å². The molecule has 0 aromatic heterocycles. The number of rotatable bonds is 7. The Balaban J connectivity index is 2.51. The second-order valence-corrected chi connectivity index (χ2v) is 36.8. The van der Waals surface area contributed by atoms with Crippen LogP contribution in [0.4, 0.5) is 0 Å². The van der Waals surface area contributed by atoms with Crippen LogP contribution in [0.5, 0.6) is 0 Å². The maximum Gasteiger partial charge on any atom is 0.177 e. The Bertz CT molecular complexity index is 1610. The summed E-state index contributed by atoms with van der Waals surface area (Å²) in [5.41, 5.74) is 13.6. The Labute approximate surface area is 287 Å². The van der Waals surface area contributed by atoms with Gasteiger partial charge in [-0.1, -0.05) is 168 Å². The van der Waals surface area contributed by atoms with E-state index < -0.39 is 32.3 Å². The van der Waals surface area contributed by atoms with Gasteiger partial charge in [0.25, 0.3) is 0 Å². The van der Waals surface area contributed by atoms with Gasteiger partial charge < -0.3 is 0 Å². The van der Waals surface area contributed by atoms with Crippen LogP contribution in [-0.2, 0) is 0 Å². The summed E-state index contributed by atoms with van der Waals surface area (Å²) in [6, 6.07) is 15.6. The number of allylic oxidation sites excluding steroid dienone is 4. The summed E-state index contributed by atoms with van der Waals surface area (Å²) in [7, 11) is -7.78. The van der Waals surface area contributed by atoms with Gasteiger partial charge in [0.05, 0.1) is 24.2 Å². The highest BCUT2D eigenvalue weighted by atomic mass is 28.3. The standard InChI is InChI=1S/C42H64Si4/c1-26-20-36(43(11,12)13)33(8)39(23-26)46(42-31(6)29(4)30(5)32(42)7,40-24-27(2)21-37(34(40)9)44(14,15)16)41-25-28(3)22-38(35(41)10)45(17,18)19/h20-25,31H,1-19H3. The summed E-state index contributed by atoms with van der Waals surface area (Å²) in [5, 5.41) is 11.6. The smallest absolute Gasteiger partial charge is 0.0656 e. The van der Waals surface area contributed by atoms with Crippen molar-refractivity contribution >= 4 is 63.4 Å². The maximum absolute atomic E-state index is 2.85. The fourth-order valence-corrected chi connectivity index (χ4v) is 21.8. The van der Waals surface area contributed by atoms with Crippen LogP contribution < -0.4 is 31.1 Å². The zero-order valence-corrected chi connectivity index (χ0v) is 37.0. The van der Waals surface area contributed by atoms with Gasteiger partial charge in [-0.15, -0.1) is 0 Å². The van der Waals surface area contributed by atoms with Gasteiger partial charge in [-0.05, 0) is 89.4 Å². The molecule has 1 aliphatic rings. The molecule has 4 rings (SSSR count). The predicted octanol–water partition coefficient (Wildman–Crippen LogP) is 8.48. The van der Waals surface area contributed by atoms with Crippen molar-refractivity contribution in [3.63, 3.8) is 0 Å². The van der Waals surface area contributed by atoms with Crippen molar-refractivity contribution < 1.29 is 0 Å². The van der Waals surface area contributed by atoms with E-state index >= 15 is 0 Å². The number of hydrogen-bond acceptors (Lipinski definition) is 0. The molecule has 0 saturated carbocycles. The van der Waals surface area contributed by atoms with Gasteiger partial charge in [-0.25, -0.2) is 0 Å². The molecular formula is C42H64Si4. The van der Waals surface area contributed by atoms with Crippen LogP contribution in [0.3, 0.4) is 0 Å². The van der Waals surface area contributed by atoms with E-state index in [0.717, 1.165) is 0 Å². The third-order valence-corrected chi connectivity index (χ3v) is 23.3. The van der Waals surface area contributed by atoms with Crippen molar-refractivity contribution in [2.75, 3.05) is 0 Å². The fourth-order valence-electron chi connectivity index (χ4n) is 8.92. The predicted molar refractivity (Wildman–Crippen MR) is 222 cm³/mol. The second-order valence-electron chi connectivity index (χ2n) is 18.0. The summed E-state index contributed by atoms with van der Waals surface area (Å²) < 4.78 is 0. The minimum absolute atomic E-state index is 0.410. The molecule has 3 aromatic carbocycles. The van der Waals surface area contributed by atoms with Crippen LogP contribution in [0.2, 0.25) is 58.9 Å². The zero-order chi connectivity index (χ0) is 35.1. The zero-order valence-electron chi connectivity index (χ0n) is 33.0. The maximum atomic E-state index is 2.66. The van der Waals surface area contributed by atoms with Crippen molar-refractivity contribution in [1.82, 2.24) is 0 Å². The minimum atomic E-state index is -2.85. The van der Waals surface area contributed by atoms with Crippen LogP contribution in [0.25, 0.3) is 0 Å². The molecule has 0 heterocycles. The molecule has 0 bridgehead atoms. The quantitative estimate of drug-likeness (QED) is 0.174. The summed E-state index contributed by atoms with van der Waals surface area (Å²) in [6.07, 6.45) is 0. The molecule has 0 N–H and O–H groups in total. The molecule has 3 aromatic rings. The minimum Gasteiger partial charge on any atom is -0.0656 e. The first-order valence-corrected chi connectivity index (χ1v) is 30.1. The summed E-state index contributed by atoms with van der Waals surface area (Å²) >= 11 is 0. The molecule has 0 nitrogen and oxygen atoms in total. The van der Waals surface area contributed by atoms with Gasteiger partial charge in [0.2, 0.25) is 0 Å². The monoisotopic (exact) mass is 680 g/mol. The van der Waals surface area contributed by atoms with Gasteiger partial charge in [0.15, 0.2) is 8.07 Å². The van der Waals surface area contributed by atoms with Gasteiger partial charge in [-0.3, -0.25) is 0 Å². The second kappa shape index (κ2) is 12.2. The molecule has 0 aliphatic heterocycles. The largest absolute Gasteiger partial charge is 0.177 e. The molecule has 0 spiro atoms. The van der Waals surface area contributed by atoms with E-state index in [-0.39, 0.29) is 0 Å². The van der Waals surface area contributed by atoms with E-state index in [2.05, 4.69) is 165 Å². The lowest BCUT2D eigenvalue weighted by Gasteiger charge is -2.44. The Morgan fingerprint density at radius 2 is 0.652 bits per heavy atom. The highest BCUT2D eigenvalue weighted by molar-refractivity contribution is 7.17. The molecule has 248 valence electrons. The summed E-state index contributed by atoms with van der Waals surface area (Å²) in [4.78, 5) is 0. The molecule has 0 radical (unpaired) electrons. The molecule has 0 fully saturated rings. The normalized spacial score (nSPS) is 16.6. The average Bonchev–Trinajstić information content (AvgIpc) is 3.10. The Hall–Kier alpha value is -1.99. The fraction of sp³-hybridized carbons (Fsp3) is 0.476. The van der Waals surface area contributed by atoms with E-state index in [1.165, 1.54) is 22.3 Å². The Morgan fingerprint density at radius 3 is 0.870 bits per heavy atom. The van der Waals surface area contributed by atoms with Gasteiger partial charge in [0, 0.05) is 0 Å². The third-order valence-electron chi connectivity index (χ3n) is 11.3. The number of benzene rings is 3. The van der Waals surface area contributed by atoms with E-state index in [9.17, 15) is 0 Å². The first-order chi connectivity index (χ1) is 20.9. The molecule has 0 saturated heterocycles. The lowest BCUT2D eigenvalue weighted by Crippen LogP contribution is -2.74. The number of hydrogen-bond donors (Lipinski definition) is 0. The third kappa shape index (κ3) is 6.06. The molecule has 4 heteroatoms. The topological polar surface area (TPSA) is 0 Å². The molecule has 46 heavy (non-hydrogen) atoms. The van der Waals surface area contributed by atoms with Crippen molar-refractivity contribution in [2.45, 2.75) is 128 Å². The van der Waals surface area contributed by atoms with Crippen LogP contribution in [0.15, 0.2) is 58.3 Å². The molecule has 1 unspecified atom stereocenters. The van der Waals surface area contributed by atoms with Gasteiger partial charge in [-0.2, -0.15) is 0 Å². The lowest BCUT2D eigenvalue weighted by atomic mass is 10.1. The number of aryl methyl sites for hydroxylation is 3. The molecule has 0 amide bonds. The van der Waals surface area contributed by atoms with E-state index in [1.807, 2.05) is 0 Å². The van der Waals surface area contributed by atoms with Gasteiger partial charge >= 0.3 is 0 Å². The molecular weight excluding hydrogens is 617 g/mol. The Kier molecular flexibility index (Phi) is 9.74. The Morgan fingerprint density at radius 1 is 0.391 bits per heavy atom. The van der Waals surface area contributed by atoms with Crippen LogP contribution >= 0.6 is 0 Å². The first kappa shape index (κ1) is 36.8. The SMILES string of the molecule is CC1=C(C)C(C)C([Si](c2cc(C)cc([Si](C)(C)C)c2C)(c2cc(C)cc([Si](C)(C)C)c2C)c2cc(C)cc([Si](C)(C)C)c2C)=C1C. The molecule has 1 aliphatic carbocycles. The van der Waals surface area contributed by atoms with Crippen molar-refractivity contribution in [3.8, 4) is 0 Å².